The summed E-state index contributed by atoms with van der Waals surface area (Å²) in [5.41, 5.74) is 5.75. The molecule has 2 aliphatic rings. The normalized spacial score (nSPS) is 31.9. The molecule has 0 aromatic heterocycles. The number of likely N-dealkylation sites (tertiary alicyclic amines) is 1. The second-order valence-corrected chi connectivity index (χ2v) is 4.07. The summed E-state index contributed by atoms with van der Waals surface area (Å²) in [4.78, 5) is 2.46. The molecule has 82 valence electrons. The molecule has 0 saturated carbocycles. The van der Waals surface area contributed by atoms with E-state index in [4.69, 9.17) is 15.2 Å². The summed E-state index contributed by atoms with van der Waals surface area (Å²) < 4.78 is 11.0. The zero-order valence-electron chi connectivity index (χ0n) is 8.65. The summed E-state index contributed by atoms with van der Waals surface area (Å²) >= 11 is 0. The summed E-state index contributed by atoms with van der Waals surface area (Å²) in [5.74, 6) is 0. The Balaban J connectivity index is 1.91. The van der Waals surface area contributed by atoms with Crippen LogP contribution in [0.2, 0.25) is 0 Å². The van der Waals surface area contributed by atoms with E-state index < -0.39 is 0 Å². The number of rotatable bonds is 2. The highest BCUT2D eigenvalue weighted by Gasteiger charge is 2.30. The molecule has 2 saturated heterocycles. The van der Waals surface area contributed by atoms with Gasteiger partial charge in [-0.25, -0.2) is 0 Å². The lowest BCUT2D eigenvalue weighted by molar-refractivity contribution is 0.0645. The maximum absolute atomic E-state index is 5.75. The monoisotopic (exact) mass is 200 g/mol. The molecule has 0 aliphatic carbocycles. The van der Waals surface area contributed by atoms with Gasteiger partial charge in [0.15, 0.2) is 0 Å². The fourth-order valence-electron chi connectivity index (χ4n) is 2.39. The van der Waals surface area contributed by atoms with E-state index in [1.165, 1.54) is 12.8 Å². The molecular weight excluding hydrogens is 180 g/mol. The van der Waals surface area contributed by atoms with Gasteiger partial charge in [0.25, 0.3) is 0 Å². The van der Waals surface area contributed by atoms with Crippen LogP contribution >= 0.6 is 0 Å². The lowest BCUT2D eigenvalue weighted by Crippen LogP contribution is -2.46. The summed E-state index contributed by atoms with van der Waals surface area (Å²) in [5, 5.41) is 0. The van der Waals surface area contributed by atoms with Crippen molar-refractivity contribution in [3.63, 3.8) is 0 Å². The zero-order valence-corrected chi connectivity index (χ0v) is 8.65. The lowest BCUT2D eigenvalue weighted by Gasteiger charge is -2.30. The van der Waals surface area contributed by atoms with Crippen LogP contribution in [0.15, 0.2) is 0 Å². The van der Waals surface area contributed by atoms with E-state index in [0.717, 1.165) is 39.5 Å². The van der Waals surface area contributed by atoms with Crippen LogP contribution in [0, 0.1) is 0 Å². The second kappa shape index (κ2) is 5.07. The first kappa shape index (κ1) is 10.4. The lowest BCUT2D eigenvalue weighted by atomic mass is 10.2. The highest BCUT2D eigenvalue weighted by Crippen LogP contribution is 2.20. The van der Waals surface area contributed by atoms with E-state index in [1.54, 1.807) is 0 Å². The third-order valence-corrected chi connectivity index (χ3v) is 3.16. The van der Waals surface area contributed by atoms with Gasteiger partial charge in [-0.15, -0.1) is 0 Å². The van der Waals surface area contributed by atoms with E-state index in [1.807, 2.05) is 0 Å². The van der Waals surface area contributed by atoms with Crippen molar-refractivity contribution >= 4 is 0 Å². The number of nitrogens with zero attached hydrogens (tertiary/aromatic N) is 1. The van der Waals surface area contributed by atoms with Crippen LogP contribution < -0.4 is 5.73 Å². The predicted molar refractivity (Wildman–Crippen MR) is 54.2 cm³/mol. The SMILES string of the molecule is NCC1CCCN1C1COCCOC1. The summed E-state index contributed by atoms with van der Waals surface area (Å²) in [7, 11) is 0. The molecule has 0 aromatic carbocycles. The van der Waals surface area contributed by atoms with Crippen LogP contribution in [0.1, 0.15) is 12.8 Å². The third kappa shape index (κ3) is 2.25. The number of ether oxygens (including phenoxy) is 2. The molecule has 2 heterocycles. The number of hydrogen-bond acceptors (Lipinski definition) is 4. The molecule has 2 aliphatic heterocycles. The topological polar surface area (TPSA) is 47.7 Å². The zero-order chi connectivity index (χ0) is 9.80. The highest BCUT2D eigenvalue weighted by molar-refractivity contribution is 4.85. The molecule has 4 heteroatoms. The molecule has 2 rings (SSSR count). The number of hydrogen-bond donors (Lipinski definition) is 1. The quantitative estimate of drug-likeness (QED) is 0.672. The Kier molecular flexibility index (Phi) is 3.75. The van der Waals surface area contributed by atoms with E-state index in [9.17, 15) is 0 Å². The van der Waals surface area contributed by atoms with Gasteiger partial charge in [0, 0.05) is 12.6 Å². The van der Waals surface area contributed by atoms with Gasteiger partial charge < -0.3 is 15.2 Å². The minimum absolute atomic E-state index is 0.425. The summed E-state index contributed by atoms with van der Waals surface area (Å²) in [6, 6.07) is 0.971. The first-order chi connectivity index (χ1) is 6.92. The van der Waals surface area contributed by atoms with Crippen molar-refractivity contribution in [2.75, 3.05) is 39.5 Å². The second-order valence-electron chi connectivity index (χ2n) is 4.07. The average Bonchev–Trinajstić information content (AvgIpc) is 2.52. The van der Waals surface area contributed by atoms with E-state index in [0.29, 0.717) is 12.1 Å². The van der Waals surface area contributed by atoms with Gasteiger partial charge in [-0.2, -0.15) is 0 Å². The van der Waals surface area contributed by atoms with Crippen molar-refractivity contribution in [3.05, 3.63) is 0 Å². The van der Waals surface area contributed by atoms with Gasteiger partial charge in [-0.1, -0.05) is 0 Å². The van der Waals surface area contributed by atoms with Crippen molar-refractivity contribution in [1.82, 2.24) is 4.90 Å². The van der Waals surface area contributed by atoms with Gasteiger partial charge in [-0.05, 0) is 19.4 Å². The maximum Gasteiger partial charge on any atom is 0.0701 e. The Morgan fingerprint density at radius 2 is 1.93 bits per heavy atom. The molecule has 0 radical (unpaired) electrons. The minimum atomic E-state index is 0.425. The van der Waals surface area contributed by atoms with Crippen molar-refractivity contribution in [2.45, 2.75) is 24.9 Å². The van der Waals surface area contributed by atoms with Crippen molar-refractivity contribution in [3.8, 4) is 0 Å². The van der Waals surface area contributed by atoms with Gasteiger partial charge in [-0.3, -0.25) is 4.90 Å². The molecule has 0 spiro atoms. The molecule has 4 nitrogen and oxygen atoms in total. The van der Waals surface area contributed by atoms with Crippen molar-refractivity contribution in [1.29, 1.82) is 0 Å². The van der Waals surface area contributed by atoms with Crippen molar-refractivity contribution in [2.24, 2.45) is 5.73 Å². The largest absolute Gasteiger partial charge is 0.377 e. The Bertz CT molecular complexity index is 170. The average molecular weight is 200 g/mol. The van der Waals surface area contributed by atoms with Crippen LogP contribution in [0.3, 0.4) is 0 Å². The first-order valence-electron chi connectivity index (χ1n) is 5.53. The molecule has 1 unspecified atom stereocenters. The van der Waals surface area contributed by atoms with Gasteiger partial charge >= 0.3 is 0 Å². The molecule has 0 bridgehead atoms. The Hall–Kier alpha value is -0.160. The van der Waals surface area contributed by atoms with Gasteiger partial charge in [0.1, 0.15) is 0 Å². The van der Waals surface area contributed by atoms with Crippen LogP contribution in [0.4, 0.5) is 0 Å². The van der Waals surface area contributed by atoms with Crippen LogP contribution in [-0.2, 0) is 9.47 Å². The van der Waals surface area contributed by atoms with E-state index in [2.05, 4.69) is 4.90 Å². The standard InChI is InChI=1S/C10H20N2O2/c11-6-9-2-1-3-12(9)10-7-13-4-5-14-8-10/h9-10H,1-8,11H2. The summed E-state index contributed by atoms with van der Waals surface area (Å²) in [6.45, 7) is 4.98. The van der Waals surface area contributed by atoms with E-state index in [-0.39, 0.29) is 0 Å². The molecule has 2 fully saturated rings. The fraction of sp³-hybridized carbons (Fsp3) is 1.00. The van der Waals surface area contributed by atoms with Crippen LogP contribution in [0.25, 0.3) is 0 Å². The van der Waals surface area contributed by atoms with E-state index >= 15 is 0 Å². The molecule has 0 amide bonds. The van der Waals surface area contributed by atoms with Crippen molar-refractivity contribution < 1.29 is 9.47 Å². The fourth-order valence-corrected chi connectivity index (χ4v) is 2.39. The number of nitrogens with two attached hydrogens (primary N) is 1. The Morgan fingerprint density at radius 1 is 1.21 bits per heavy atom. The maximum atomic E-state index is 5.75. The smallest absolute Gasteiger partial charge is 0.0701 e. The molecular formula is C10H20N2O2. The highest BCUT2D eigenvalue weighted by atomic mass is 16.5. The molecule has 1 atom stereocenters. The third-order valence-electron chi connectivity index (χ3n) is 3.16. The Labute approximate surface area is 85.3 Å². The first-order valence-corrected chi connectivity index (χ1v) is 5.53. The molecule has 0 aromatic rings. The molecule has 14 heavy (non-hydrogen) atoms. The summed E-state index contributed by atoms with van der Waals surface area (Å²) in [6.07, 6.45) is 2.49. The minimum Gasteiger partial charge on any atom is -0.377 e. The van der Waals surface area contributed by atoms with Gasteiger partial charge in [0.05, 0.1) is 32.5 Å². The Morgan fingerprint density at radius 3 is 2.57 bits per heavy atom. The van der Waals surface area contributed by atoms with Gasteiger partial charge in [0.2, 0.25) is 0 Å². The predicted octanol–water partition coefficient (Wildman–Crippen LogP) is -0.175. The van der Waals surface area contributed by atoms with Crippen LogP contribution in [0.5, 0.6) is 0 Å². The van der Waals surface area contributed by atoms with Crippen LogP contribution in [-0.4, -0.2) is 56.5 Å². The molecule has 2 N–H and O–H groups in total.